The molecule has 182 valence electrons. The number of carbonyl (C=O) groups excluding carboxylic acids is 2. The fourth-order valence-electron chi connectivity index (χ4n) is 4.27. The van der Waals surface area contributed by atoms with E-state index in [1.165, 1.54) is 6.07 Å². The Labute approximate surface area is 206 Å². The number of benzene rings is 3. The van der Waals surface area contributed by atoms with Gasteiger partial charge in [0.05, 0.1) is 10.8 Å². The largest absolute Gasteiger partial charge is 0.352 e. The predicted octanol–water partition coefficient (Wildman–Crippen LogP) is 3.96. The summed E-state index contributed by atoms with van der Waals surface area (Å²) in [5.74, 6) is -0.562. The fraction of sp³-hybridized carbons (Fsp3) is 0.259. The third kappa shape index (κ3) is 6.08. The van der Waals surface area contributed by atoms with Crippen LogP contribution in [0.1, 0.15) is 34.3 Å². The molecule has 1 saturated heterocycles. The molecule has 0 bridgehead atoms. The van der Waals surface area contributed by atoms with Gasteiger partial charge in [-0.15, -0.1) is 0 Å². The van der Waals surface area contributed by atoms with Gasteiger partial charge in [-0.25, -0.2) is 8.42 Å². The first-order valence-electron chi connectivity index (χ1n) is 11.6. The van der Waals surface area contributed by atoms with Crippen LogP contribution in [0, 0.1) is 12.8 Å². The van der Waals surface area contributed by atoms with Gasteiger partial charge >= 0.3 is 0 Å². The van der Waals surface area contributed by atoms with Crippen LogP contribution in [0.4, 0.5) is 5.69 Å². The van der Waals surface area contributed by atoms with E-state index in [2.05, 4.69) is 10.0 Å². The van der Waals surface area contributed by atoms with E-state index in [4.69, 9.17) is 0 Å². The highest BCUT2D eigenvalue weighted by Crippen LogP contribution is 2.23. The smallest absolute Gasteiger partial charge is 0.262 e. The lowest BCUT2D eigenvalue weighted by molar-refractivity contribution is -0.126. The Morgan fingerprint density at radius 1 is 0.971 bits per heavy atom. The molecule has 1 aliphatic rings. The van der Waals surface area contributed by atoms with Gasteiger partial charge in [-0.2, -0.15) is 0 Å². The first-order valence-corrected chi connectivity index (χ1v) is 13.1. The number of piperidine rings is 1. The lowest BCUT2D eigenvalue weighted by Crippen LogP contribution is -2.45. The van der Waals surface area contributed by atoms with Gasteiger partial charge in [-0.3, -0.25) is 14.3 Å². The van der Waals surface area contributed by atoms with E-state index in [9.17, 15) is 18.0 Å². The van der Waals surface area contributed by atoms with Gasteiger partial charge in [-0.1, -0.05) is 54.6 Å². The molecule has 4 rings (SSSR count). The molecule has 3 aromatic rings. The summed E-state index contributed by atoms with van der Waals surface area (Å²) in [5, 5.41) is 2.97. The maximum Gasteiger partial charge on any atom is 0.262 e. The summed E-state index contributed by atoms with van der Waals surface area (Å²) in [6, 6.07) is 22.9. The molecule has 2 N–H and O–H groups in total. The van der Waals surface area contributed by atoms with Crippen LogP contribution < -0.4 is 10.0 Å². The van der Waals surface area contributed by atoms with Crippen molar-refractivity contribution >= 4 is 27.5 Å². The number of rotatable bonds is 7. The molecule has 3 aromatic carbocycles. The number of amides is 2. The lowest BCUT2D eigenvalue weighted by Gasteiger charge is -2.32. The van der Waals surface area contributed by atoms with Crippen LogP contribution in [-0.2, 0) is 21.4 Å². The van der Waals surface area contributed by atoms with Gasteiger partial charge in [0.25, 0.3) is 15.9 Å². The number of hydrogen-bond acceptors (Lipinski definition) is 4. The van der Waals surface area contributed by atoms with Crippen LogP contribution in [0.3, 0.4) is 0 Å². The Balaban J connectivity index is 1.41. The summed E-state index contributed by atoms with van der Waals surface area (Å²) in [5.41, 5.74) is 2.35. The van der Waals surface area contributed by atoms with Gasteiger partial charge in [0, 0.05) is 30.9 Å². The molecule has 0 aromatic heterocycles. The van der Waals surface area contributed by atoms with E-state index in [-0.39, 0.29) is 22.6 Å². The van der Waals surface area contributed by atoms with Crippen LogP contribution in [0.15, 0.2) is 83.8 Å². The zero-order valence-electron chi connectivity index (χ0n) is 19.6. The van der Waals surface area contributed by atoms with Gasteiger partial charge < -0.3 is 10.2 Å². The van der Waals surface area contributed by atoms with Crippen molar-refractivity contribution in [2.24, 2.45) is 5.92 Å². The Morgan fingerprint density at radius 3 is 2.49 bits per heavy atom. The Bertz CT molecular complexity index is 1310. The summed E-state index contributed by atoms with van der Waals surface area (Å²) in [4.78, 5) is 27.8. The van der Waals surface area contributed by atoms with Crippen LogP contribution >= 0.6 is 0 Å². The number of likely N-dealkylation sites (tertiary alicyclic amines) is 1. The van der Waals surface area contributed by atoms with E-state index in [1.54, 1.807) is 54.3 Å². The summed E-state index contributed by atoms with van der Waals surface area (Å²) in [7, 11) is -3.79. The average molecular weight is 492 g/mol. The minimum Gasteiger partial charge on any atom is -0.352 e. The van der Waals surface area contributed by atoms with Crippen molar-refractivity contribution in [2.75, 3.05) is 17.8 Å². The molecule has 0 aliphatic carbocycles. The molecule has 0 spiro atoms. The van der Waals surface area contributed by atoms with E-state index >= 15 is 0 Å². The highest BCUT2D eigenvalue weighted by molar-refractivity contribution is 7.92. The molecule has 2 amide bonds. The van der Waals surface area contributed by atoms with Crippen LogP contribution in [0.25, 0.3) is 0 Å². The van der Waals surface area contributed by atoms with Crippen molar-refractivity contribution in [1.29, 1.82) is 0 Å². The topological polar surface area (TPSA) is 95.6 Å². The number of carbonyl (C=O) groups is 2. The zero-order valence-corrected chi connectivity index (χ0v) is 20.4. The zero-order chi connectivity index (χ0) is 24.8. The quantitative estimate of drug-likeness (QED) is 0.523. The molecular formula is C27H29N3O4S. The third-order valence-electron chi connectivity index (χ3n) is 6.13. The number of anilines is 1. The summed E-state index contributed by atoms with van der Waals surface area (Å²) in [6.07, 6.45) is 1.45. The predicted molar refractivity (Wildman–Crippen MR) is 135 cm³/mol. The van der Waals surface area contributed by atoms with Crippen LogP contribution in [0.2, 0.25) is 0 Å². The summed E-state index contributed by atoms with van der Waals surface area (Å²) < 4.78 is 28.2. The molecule has 0 radical (unpaired) electrons. The summed E-state index contributed by atoms with van der Waals surface area (Å²) in [6.45, 7) is 3.07. The Kier molecular flexibility index (Phi) is 7.51. The molecule has 35 heavy (non-hydrogen) atoms. The first-order chi connectivity index (χ1) is 16.8. The second-order valence-electron chi connectivity index (χ2n) is 8.75. The molecule has 1 fully saturated rings. The molecule has 1 aliphatic heterocycles. The minimum absolute atomic E-state index is 0.0638. The van der Waals surface area contributed by atoms with Crippen molar-refractivity contribution in [3.8, 4) is 0 Å². The van der Waals surface area contributed by atoms with Crippen molar-refractivity contribution in [2.45, 2.75) is 31.2 Å². The SMILES string of the molecule is Cc1ccccc1S(=O)(=O)Nc1cccc(C(=O)N2CCC[C@@H](C(=O)NCc3ccccc3)C2)c1. The van der Waals surface area contributed by atoms with Crippen molar-refractivity contribution in [1.82, 2.24) is 10.2 Å². The number of aryl methyl sites for hydroxylation is 1. The number of nitrogens with zero attached hydrogens (tertiary/aromatic N) is 1. The highest BCUT2D eigenvalue weighted by Gasteiger charge is 2.29. The first kappa shape index (κ1) is 24.5. The minimum atomic E-state index is -3.79. The molecule has 1 atom stereocenters. The van der Waals surface area contributed by atoms with Gasteiger partial charge in [-0.05, 0) is 55.2 Å². The lowest BCUT2D eigenvalue weighted by atomic mass is 9.96. The molecule has 0 saturated carbocycles. The van der Waals surface area contributed by atoms with Crippen LogP contribution in [-0.4, -0.2) is 38.2 Å². The standard InChI is InChI=1S/C27H29N3O4S/c1-20-9-5-6-15-25(20)35(33,34)29-24-14-7-12-22(17-24)27(32)30-16-8-13-23(19-30)26(31)28-18-21-10-3-2-4-11-21/h2-7,9-12,14-15,17,23,29H,8,13,16,18-19H2,1H3,(H,28,31)/t23-/m1/s1. The monoisotopic (exact) mass is 491 g/mol. The Hall–Kier alpha value is -3.65. The number of sulfonamides is 1. The number of hydrogen-bond donors (Lipinski definition) is 2. The normalized spacial score (nSPS) is 15.9. The fourth-order valence-corrected chi connectivity index (χ4v) is 5.57. The molecule has 8 heteroatoms. The van der Waals surface area contributed by atoms with E-state index in [0.717, 1.165) is 18.4 Å². The van der Waals surface area contributed by atoms with Gasteiger partial charge in [0.1, 0.15) is 0 Å². The second-order valence-corrected chi connectivity index (χ2v) is 10.4. The maximum atomic E-state index is 13.2. The maximum absolute atomic E-state index is 13.2. The van der Waals surface area contributed by atoms with E-state index in [0.29, 0.717) is 36.4 Å². The van der Waals surface area contributed by atoms with Gasteiger partial charge in [0.15, 0.2) is 0 Å². The average Bonchev–Trinajstić information content (AvgIpc) is 2.87. The van der Waals surface area contributed by atoms with Gasteiger partial charge in [0.2, 0.25) is 5.91 Å². The van der Waals surface area contributed by atoms with E-state index in [1.807, 2.05) is 30.3 Å². The number of nitrogens with one attached hydrogen (secondary N) is 2. The second kappa shape index (κ2) is 10.7. The molecule has 1 heterocycles. The molecule has 0 unspecified atom stereocenters. The van der Waals surface area contributed by atoms with Crippen molar-refractivity contribution in [3.63, 3.8) is 0 Å². The Morgan fingerprint density at radius 2 is 1.71 bits per heavy atom. The summed E-state index contributed by atoms with van der Waals surface area (Å²) >= 11 is 0. The highest BCUT2D eigenvalue weighted by atomic mass is 32.2. The molecular weight excluding hydrogens is 462 g/mol. The van der Waals surface area contributed by atoms with Crippen LogP contribution in [0.5, 0.6) is 0 Å². The molecule has 7 nitrogen and oxygen atoms in total. The van der Waals surface area contributed by atoms with Crippen molar-refractivity contribution in [3.05, 3.63) is 95.6 Å². The van der Waals surface area contributed by atoms with Crippen molar-refractivity contribution < 1.29 is 18.0 Å². The van der Waals surface area contributed by atoms with E-state index < -0.39 is 10.0 Å². The third-order valence-corrected chi connectivity index (χ3v) is 7.68.